The van der Waals surface area contributed by atoms with Crippen LogP contribution in [0.15, 0.2) is 48.5 Å². The van der Waals surface area contributed by atoms with E-state index >= 15 is 0 Å². The molecule has 0 fully saturated rings. The van der Waals surface area contributed by atoms with Gasteiger partial charge in [-0.2, -0.15) is 49.9 Å². The lowest BCUT2D eigenvalue weighted by atomic mass is 9.83. The molecular weight excluding hydrogens is 546 g/mol. The van der Waals surface area contributed by atoms with Crippen LogP contribution >= 0.6 is 23.5 Å². The van der Waals surface area contributed by atoms with E-state index in [9.17, 15) is 31.1 Å². The summed E-state index contributed by atoms with van der Waals surface area (Å²) in [5, 5.41) is 0.207. The number of rotatable bonds is 14. The van der Waals surface area contributed by atoms with Gasteiger partial charge in [-0.1, -0.05) is 38.1 Å². The maximum Gasteiger partial charge on any atom is 0.416 e. The summed E-state index contributed by atoms with van der Waals surface area (Å²) in [5.41, 5.74) is 0.00981. The van der Waals surface area contributed by atoms with Crippen LogP contribution in [0.25, 0.3) is 0 Å². The summed E-state index contributed by atoms with van der Waals surface area (Å²) in [7, 11) is 0. The predicted molar refractivity (Wildman–Crippen MR) is 143 cm³/mol. The number of thioether (sulfide) groups is 2. The molecule has 10 heteroatoms. The molecule has 0 saturated heterocycles. The Hall–Kier alpha value is -1.81. The topological polar surface area (TPSA) is 26.3 Å². The zero-order chi connectivity index (χ0) is 28.4. The molecule has 38 heavy (non-hydrogen) atoms. The van der Waals surface area contributed by atoms with E-state index in [1.165, 1.54) is 24.3 Å². The SMILES string of the molecule is CCOC(=O)CC(C)(C)CC[C@H](CCSCc1ccc(C(F)(F)F)cc1)SCc1ccc(C(F)(F)F)cc1. The average molecular weight is 581 g/mol. The van der Waals surface area contributed by atoms with Crippen LogP contribution in [0.4, 0.5) is 26.3 Å². The number of benzene rings is 2. The van der Waals surface area contributed by atoms with E-state index in [-0.39, 0.29) is 16.6 Å². The van der Waals surface area contributed by atoms with Crippen LogP contribution < -0.4 is 0 Å². The summed E-state index contributed by atoms with van der Waals surface area (Å²) < 4.78 is 82.0. The summed E-state index contributed by atoms with van der Waals surface area (Å²) in [6.07, 6.45) is -6.00. The molecule has 2 nitrogen and oxygen atoms in total. The predicted octanol–water partition coefficient (Wildman–Crippen LogP) is 9.41. The Morgan fingerprint density at radius 3 is 1.79 bits per heavy atom. The van der Waals surface area contributed by atoms with E-state index in [1.54, 1.807) is 30.4 Å². The third-order valence-corrected chi connectivity index (χ3v) is 8.48. The van der Waals surface area contributed by atoms with E-state index in [0.717, 1.165) is 60.4 Å². The molecule has 0 aliphatic carbocycles. The Kier molecular flexibility index (Phi) is 12.4. The van der Waals surface area contributed by atoms with Crippen molar-refractivity contribution < 1.29 is 35.9 Å². The van der Waals surface area contributed by atoms with Gasteiger partial charge in [0.2, 0.25) is 0 Å². The zero-order valence-electron chi connectivity index (χ0n) is 21.8. The Balaban J connectivity index is 1.94. The molecular formula is C28H34F6O2S2. The van der Waals surface area contributed by atoms with Gasteiger partial charge in [0.1, 0.15) is 0 Å². The van der Waals surface area contributed by atoms with Crippen LogP contribution in [-0.2, 0) is 33.4 Å². The first-order chi connectivity index (χ1) is 17.7. The molecule has 0 radical (unpaired) electrons. The fraction of sp³-hybridized carbons (Fsp3) is 0.536. The lowest BCUT2D eigenvalue weighted by Crippen LogP contribution is -2.21. The van der Waals surface area contributed by atoms with Crippen molar-refractivity contribution in [1.82, 2.24) is 0 Å². The van der Waals surface area contributed by atoms with Crippen molar-refractivity contribution in [2.75, 3.05) is 12.4 Å². The molecule has 2 aromatic carbocycles. The Bertz CT molecular complexity index is 986. The standard InChI is InChI=1S/C28H34F6O2S2/c1-4-36-25(35)17-26(2,3)15-13-24(38-19-21-7-11-23(12-8-21)28(32,33)34)14-16-37-18-20-5-9-22(10-6-20)27(29,30)31/h5-12,24H,4,13-19H2,1-3H3/t24-/m1/s1. The fourth-order valence-corrected chi connectivity index (χ4v) is 6.12. The summed E-state index contributed by atoms with van der Waals surface area (Å²) in [6.45, 7) is 6.12. The summed E-state index contributed by atoms with van der Waals surface area (Å²) in [6, 6.07) is 10.3. The van der Waals surface area contributed by atoms with Gasteiger partial charge in [0.15, 0.2) is 0 Å². The second-order valence-electron chi connectivity index (χ2n) is 9.85. The number of ether oxygens (including phenoxy) is 1. The monoisotopic (exact) mass is 580 g/mol. The molecule has 0 aliphatic heterocycles. The minimum absolute atomic E-state index is 0.207. The van der Waals surface area contributed by atoms with Crippen LogP contribution in [0.5, 0.6) is 0 Å². The number of carbonyl (C=O) groups is 1. The number of alkyl halides is 6. The van der Waals surface area contributed by atoms with Gasteiger partial charge in [0.05, 0.1) is 24.2 Å². The van der Waals surface area contributed by atoms with Gasteiger partial charge >= 0.3 is 18.3 Å². The van der Waals surface area contributed by atoms with E-state index in [1.807, 2.05) is 13.8 Å². The number of hydrogen-bond donors (Lipinski definition) is 0. The highest BCUT2D eigenvalue weighted by Gasteiger charge is 2.31. The summed E-state index contributed by atoms with van der Waals surface area (Å²) >= 11 is 3.30. The van der Waals surface area contributed by atoms with Gasteiger partial charge in [-0.15, -0.1) is 0 Å². The molecule has 0 heterocycles. The smallest absolute Gasteiger partial charge is 0.416 e. The molecule has 0 saturated carbocycles. The van der Waals surface area contributed by atoms with Crippen LogP contribution in [0.1, 0.15) is 68.7 Å². The number of hydrogen-bond acceptors (Lipinski definition) is 4. The Morgan fingerprint density at radius 1 is 0.816 bits per heavy atom. The third-order valence-electron chi connectivity index (χ3n) is 5.97. The van der Waals surface area contributed by atoms with Gasteiger partial charge in [-0.05, 0) is 72.7 Å². The minimum Gasteiger partial charge on any atom is -0.466 e. The van der Waals surface area contributed by atoms with Gasteiger partial charge in [-0.25, -0.2) is 0 Å². The van der Waals surface area contributed by atoms with Crippen LogP contribution in [0, 0.1) is 5.41 Å². The number of carbonyl (C=O) groups excluding carboxylic acids is 1. The second kappa shape index (κ2) is 14.5. The molecule has 0 bridgehead atoms. The molecule has 0 aromatic heterocycles. The van der Waals surface area contributed by atoms with Gasteiger partial charge in [0.25, 0.3) is 0 Å². The van der Waals surface area contributed by atoms with Crippen molar-refractivity contribution in [3.8, 4) is 0 Å². The molecule has 0 N–H and O–H groups in total. The van der Waals surface area contributed by atoms with E-state index in [4.69, 9.17) is 4.74 Å². The summed E-state index contributed by atoms with van der Waals surface area (Å²) in [4.78, 5) is 12.0. The van der Waals surface area contributed by atoms with Crippen LogP contribution in [0.2, 0.25) is 0 Å². The lowest BCUT2D eigenvalue weighted by molar-refractivity contribution is -0.145. The van der Waals surface area contributed by atoms with Gasteiger partial charge in [-0.3, -0.25) is 4.79 Å². The molecule has 2 aromatic rings. The van der Waals surface area contributed by atoms with Crippen molar-refractivity contribution in [3.63, 3.8) is 0 Å². The van der Waals surface area contributed by atoms with E-state index in [2.05, 4.69) is 0 Å². The maximum absolute atomic E-state index is 12.9. The normalized spacial score (nSPS) is 13.4. The first kappa shape index (κ1) is 32.4. The minimum atomic E-state index is -4.37. The van der Waals surface area contributed by atoms with Gasteiger partial charge < -0.3 is 4.74 Å². The first-order valence-electron chi connectivity index (χ1n) is 12.4. The third kappa shape index (κ3) is 11.9. The fourth-order valence-electron chi connectivity index (χ4n) is 3.75. The molecule has 2 rings (SSSR count). The Labute approximate surface area is 229 Å². The highest BCUT2D eigenvalue weighted by atomic mass is 32.2. The highest BCUT2D eigenvalue weighted by molar-refractivity contribution is 7.99. The van der Waals surface area contributed by atoms with Crippen LogP contribution in [-0.4, -0.2) is 23.6 Å². The van der Waals surface area contributed by atoms with Gasteiger partial charge in [0, 0.05) is 16.8 Å². The molecule has 212 valence electrons. The van der Waals surface area contributed by atoms with Crippen molar-refractivity contribution >= 4 is 29.5 Å². The molecule has 0 amide bonds. The lowest BCUT2D eigenvalue weighted by Gasteiger charge is -2.26. The van der Waals surface area contributed by atoms with E-state index in [0.29, 0.717) is 24.5 Å². The Morgan fingerprint density at radius 2 is 1.32 bits per heavy atom. The average Bonchev–Trinajstić information content (AvgIpc) is 2.82. The number of esters is 1. The quantitative estimate of drug-likeness (QED) is 0.126. The largest absolute Gasteiger partial charge is 0.466 e. The van der Waals surface area contributed by atoms with E-state index < -0.39 is 23.5 Å². The molecule has 1 atom stereocenters. The zero-order valence-corrected chi connectivity index (χ0v) is 23.4. The maximum atomic E-state index is 12.9. The van der Waals surface area contributed by atoms with Crippen molar-refractivity contribution in [2.45, 2.75) is 75.6 Å². The molecule has 0 spiro atoms. The summed E-state index contributed by atoms with van der Waals surface area (Å²) in [5.74, 6) is 1.69. The molecule has 0 unspecified atom stereocenters. The molecule has 0 aliphatic rings. The van der Waals surface area contributed by atoms with Crippen molar-refractivity contribution in [3.05, 3.63) is 70.8 Å². The second-order valence-corrected chi connectivity index (χ2v) is 12.2. The first-order valence-corrected chi connectivity index (χ1v) is 14.6. The van der Waals surface area contributed by atoms with Crippen molar-refractivity contribution in [2.24, 2.45) is 5.41 Å². The van der Waals surface area contributed by atoms with Crippen molar-refractivity contribution in [1.29, 1.82) is 0 Å². The number of halogens is 6. The highest BCUT2D eigenvalue weighted by Crippen LogP contribution is 2.35. The van der Waals surface area contributed by atoms with Crippen LogP contribution in [0.3, 0.4) is 0 Å².